The smallest absolute Gasteiger partial charge is 0.307 e. The molecular formula is C12H13Cl2NO2. The molecule has 3 nitrogen and oxygen atoms in total. The second-order valence-electron chi connectivity index (χ2n) is 4.34. The minimum absolute atomic E-state index is 0.246. The van der Waals surface area contributed by atoms with Gasteiger partial charge in [-0.25, -0.2) is 0 Å². The Labute approximate surface area is 110 Å². The van der Waals surface area contributed by atoms with Crippen molar-refractivity contribution >= 4 is 29.2 Å². The van der Waals surface area contributed by atoms with Gasteiger partial charge in [0.25, 0.3) is 0 Å². The van der Waals surface area contributed by atoms with Crippen molar-refractivity contribution in [3.05, 3.63) is 33.8 Å². The summed E-state index contributed by atoms with van der Waals surface area (Å²) in [6.45, 7) is 2.10. The van der Waals surface area contributed by atoms with E-state index >= 15 is 0 Å². The molecule has 2 rings (SSSR count). The Bertz CT molecular complexity index is 416. The first-order chi connectivity index (χ1) is 8.04. The van der Waals surface area contributed by atoms with Gasteiger partial charge in [-0.05, 0) is 36.7 Å². The average Bonchev–Trinajstić information content (AvgIpc) is 2.64. The molecule has 0 unspecified atom stereocenters. The molecule has 0 amide bonds. The van der Waals surface area contributed by atoms with Gasteiger partial charge in [0.15, 0.2) is 0 Å². The van der Waals surface area contributed by atoms with Gasteiger partial charge < -0.3 is 5.11 Å². The van der Waals surface area contributed by atoms with Crippen LogP contribution in [-0.2, 0) is 11.3 Å². The monoisotopic (exact) mass is 273 g/mol. The highest BCUT2D eigenvalue weighted by Gasteiger charge is 2.27. The quantitative estimate of drug-likeness (QED) is 0.921. The van der Waals surface area contributed by atoms with E-state index in [2.05, 4.69) is 4.90 Å². The molecule has 1 heterocycles. The van der Waals surface area contributed by atoms with Gasteiger partial charge in [0.1, 0.15) is 0 Å². The van der Waals surface area contributed by atoms with Gasteiger partial charge in [-0.1, -0.05) is 23.2 Å². The molecule has 1 aromatic rings. The number of hydrogen-bond acceptors (Lipinski definition) is 2. The van der Waals surface area contributed by atoms with E-state index in [1.54, 1.807) is 6.07 Å². The molecule has 5 heteroatoms. The molecule has 0 spiro atoms. The van der Waals surface area contributed by atoms with Crippen molar-refractivity contribution in [3.8, 4) is 0 Å². The van der Waals surface area contributed by atoms with Crippen LogP contribution < -0.4 is 0 Å². The lowest BCUT2D eigenvalue weighted by molar-refractivity contribution is -0.141. The molecule has 1 N–H and O–H groups in total. The van der Waals surface area contributed by atoms with Gasteiger partial charge in [0.2, 0.25) is 0 Å². The van der Waals surface area contributed by atoms with E-state index in [-0.39, 0.29) is 5.92 Å². The number of likely N-dealkylation sites (tertiary alicyclic amines) is 1. The van der Waals surface area contributed by atoms with E-state index in [1.165, 1.54) is 0 Å². The SMILES string of the molecule is O=C(O)[C@H]1CCN(Cc2cc(Cl)cc(Cl)c2)C1. The average molecular weight is 274 g/mol. The van der Waals surface area contributed by atoms with Gasteiger partial charge in [-0.2, -0.15) is 0 Å². The van der Waals surface area contributed by atoms with Crippen molar-refractivity contribution < 1.29 is 9.90 Å². The van der Waals surface area contributed by atoms with Crippen LogP contribution in [0.25, 0.3) is 0 Å². The predicted molar refractivity (Wildman–Crippen MR) is 67.5 cm³/mol. The van der Waals surface area contributed by atoms with Crippen LogP contribution in [0.15, 0.2) is 18.2 Å². The number of aliphatic carboxylic acids is 1. The Morgan fingerprint density at radius 1 is 1.35 bits per heavy atom. The van der Waals surface area contributed by atoms with Crippen LogP contribution >= 0.6 is 23.2 Å². The summed E-state index contributed by atoms with van der Waals surface area (Å²) in [5.74, 6) is -0.957. The highest BCUT2D eigenvalue weighted by Crippen LogP contribution is 2.23. The third-order valence-electron chi connectivity index (χ3n) is 2.95. The number of carboxylic acid groups (broad SMARTS) is 1. The predicted octanol–water partition coefficient (Wildman–Crippen LogP) is 2.90. The molecule has 1 fully saturated rings. The zero-order valence-corrected chi connectivity index (χ0v) is 10.7. The fraction of sp³-hybridized carbons (Fsp3) is 0.417. The molecule has 1 aliphatic rings. The molecule has 0 aromatic heterocycles. The van der Waals surface area contributed by atoms with Crippen LogP contribution in [0.4, 0.5) is 0 Å². The van der Waals surface area contributed by atoms with Crippen LogP contribution in [0.2, 0.25) is 10.0 Å². The first kappa shape index (κ1) is 12.7. The second kappa shape index (κ2) is 5.25. The summed E-state index contributed by atoms with van der Waals surface area (Å²) in [5.41, 5.74) is 1.02. The molecule has 1 aromatic carbocycles. The zero-order valence-electron chi connectivity index (χ0n) is 9.20. The summed E-state index contributed by atoms with van der Waals surface area (Å²) >= 11 is 11.8. The molecular weight excluding hydrogens is 261 g/mol. The molecule has 92 valence electrons. The van der Waals surface area contributed by atoms with E-state index in [1.807, 2.05) is 12.1 Å². The summed E-state index contributed by atoms with van der Waals surface area (Å²) in [7, 11) is 0. The lowest BCUT2D eigenvalue weighted by Crippen LogP contribution is -2.22. The van der Waals surface area contributed by atoms with Gasteiger partial charge in [-0.3, -0.25) is 9.69 Å². The Hall–Kier alpha value is -0.770. The van der Waals surface area contributed by atoms with Crippen molar-refractivity contribution in [2.24, 2.45) is 5.92 Å². The third kappa shape index (κ3) is 3.35. The molecule has 0 aliphatic carbocycles. The molecule has 1 aliphatic heterocycles. The number of rotatable bonds is 3. The molecule has 0 bridgehead atoms. The van der Waals surface area contributed by atoms with E-state index in [4.69, 9.17) is 28.3 Å². The van der Waals surface area contributed by atoms with E-state index < -0.39 is 5.97 Å². The Morgan fingerprint density at radius 2 is 2.00 bits per heavy atom. The minimum atomic E-state index is -0.711. The maximum Gasteiger partial charge on any atom is 0.307 e. The van der Waals surface area contributed by atoms with Crippen LogP contribution in [-0.4, -0.2) is 29.1 Å². The van der Waals surface area contributed by atoms with E-state index in [9.17, 15) is 4.79 Å². The maximum absolute atomic E-state index is 10.8. The molecule has 17 heavy (non-hydrogen) atoms. The van der Waals surface area contributed by atoms with Crippen molar-refractivity contribution in [1.29, 1.82) is 0 Å². The topological polar surface area (TPSA) is 40.5 Å². The van der Waals surface area contributed by atoms with Crippen molar-refractivity contribution in [3.63, 3.8) is 0 Å². The van der Waals surface area contributed by atoms with Crippen LogP contribution in [0.3, 0.4) is 0 Å². The summed E-state index contributed by atoms with van der Waals surface area (Å²) in [4.78, 5) is 13.0. The van der Waals surface area contributed by atoms with Gasteiger partial charge in [-0.15, -0.1) is 0 Å². The third-order valence-corrected chi connectivity index (χ3v) is 3.39. The summed E-state index contributed by atoms with van der Waals surface area (Å²) in [6.07, 6.45) is 0.712. The Kier molecular flexibility index (Phi) is 3.92. The first-order valence-electron chi connectivity index (χ1n) is 5.45. The zero-order chi connectivity index (χ0) is 12.4. The number of carboxylic acids is 1. The minimum Gasteiger partial charge on any atom is -0.481 e. The first-order valence-corrected chi connectivity index (χ1v) is 6.20. The Morgan fingerprint density at radius 3 is 2.53 bits per heavy atom. The molecule has 0 radical (unpaired) electrons. The Balaban J connectivity index is 2.00. The highest BCUT2D eigenvalue weighted by molar-refractivity contribution is 6.34. The number of carbonyl (C=O) groups is 1. The van der Waals surface area contributed by atoms with Crippen LogP contribution in [0.5, 0.6) is 0 Å². The van der Waals surface area contributed by atoms with E-state index in [0.29, 0.717) is 29.6 Å². The molecule has 0 saturated carbocycles. The summed E-state index contributed by atoms with van der Waals surface area (Å²) in [5, 5.41) is 10.1. The van der Waals surface area contributed by atoms with Crippen molar-refractivity contribution in [1.82, 2.24) is 4.90 Å². The summed E-state index contributed by atoms with van der Waals surface area (Å²) < 4.78 is 0. The fourth-order valence-electron chi connectivity index (χ4n) is 2.14. The van der Waals surface area contributed by atoms with Crippen LogP contribution in [0.1, 0.15) is 12.0 Å². The van der Waals surface area contributed by atoms with Crippen LogP contribution in [0, 0.1) is 5.92 Å². The lowest BCUT2D eigenvalue weighted by Gasteiger charge is -2.15. The summed E-state index contributed by atoms with van der Waals surface area (Å²) in [6, 6.07) is 5.42. The van der Waals surface area contributed by atoms with Gasteiger partial charge >= 0.3 is 5.97 Å². The van der Waals surface area contributed by atoms with Crippen molar-refractivity contribution in [2.45, 2.75) is 13.0 Å². The fourth-order valence-corrected chi connectivity index (χ4v) is 2.71. The molecule has 1 saturated heterocycles. The molecule has 1 atom stereocenters. The number of hydrogen-bond donors (Lipinski definition) is 1. The largest absolute Gasteiger partial charge is 0.481 e. The van der Waals surface area contributed by atoms with Gasteiger partial charge in [0, 0.05) is 23.1 Å². The number of benzene rings is 1. The highest BCUT2D eigenvalue weighted by atomic mass is 35.5. The number of nitrogens with zero attached hydrogens (tertiary/aromatic N) is 1. The maximum atomic E-state index is 10.8. The van der Waals surface area contributed by atoms with E-state index in [0.717, 1.165) is 12.1 Å². The standard InChI is InChI=1S/C12H13Cl2NO2/c13-10-3-8(4-11(14)5-10)6-15-2-1-9(7-15)12(16)17/h3-5,9H,1-2,6-7H2,(H,16,17)/t9-/m0/s1. The normalized spacial score (nSPS) is 20.7. The lowest BCUT2D eigenvalue weighted by atomic mass is 10.1. The number of halogens is 2. The second-order valence-corrected chi connectivity index (χ2v) is 5.21. The van der Waals surface area contributed by atoms with Gasteiger partial charge in [0.05, 0.1) is 5.92 Å². The van der Waals surface area contributed by atoms with Crippen molar-refractivity contribution in [2.75, 3.05) is 13.1 Å².